The molecular formula is C9H13F5O2S. The van der Waals surface area contributed by atoms with Crippen LogP contribution in [0.5, 0.6) is 0 Å². The third-order valence-corrected chi connectivity index (χ3v) is 2.49. The molecule has 2 nitrogen and oxygen atoms in total. The molecular weight excluding hydrogens is 267 g/mol. The van der Waals surface area contributed by atoms with E-state index < -0.39 is 30.2 Å². The Bertz CT molecular complexity index is 252. The topological polar surface area (TPSA) is 26.3 Å². The van der Waals surface area contributed by atoms with E-state index in [1.807, 2.05) is 0 Å². The van der Waals surface area contributed by atoms with Gasteiger partial charge in [0.05, 0.1) is 11.9 Å². The second kappa shape index (κ2) is 6.42. The highest BCUT2D eigenvalue weighted by Crippen LogP contribution is 2.38. The van der Waals surface area contributed by atoms with Crippen LogP contribution in [0.4, 0.5) is 22.0 Å². The van der Waals surface area contributed by atoms with Gasteiger partial charge in [-0.05, 0) is 19.6 Å². The molecule has 0 aromatic carbocycles. The molecule has 0 amide bonds. The molecule has 0 unspecified atom stereocenters. The molecule has 8 heteroatoms. The zero-order chi connectivity index (χ0) is 13.7. The Morgan fingerprint density at radius 2 is 1.76 bits per heavy atom. The number of thioether (sulfide) groups is 1. The number of hydrogen-bond acceptors (Lipinski definition) is 3. The van der Waals surface area contributed by atoms with Gasteiger partial charge in [-0.15, -0.1) is 11.8 Å². The maximum absolute atomic E-state index is 12.4. The SMILES string of the molecule is CC(C)OC(=O)CSCCC(F)(F)C(F)(F)F. The summed E-state index contributed by atoms with van der Waals surface area (Å²) in [5.74, 6) is -6.02. The van der Waals surface area contributed by atoms with Crippen molar-refractivity contribution >= 4 is 17.7 Å². The van der Waals surface area contributed by atoms with Crippen molar-refractivity contribution in [2.24, 2.45) is 0 Å². The first-order valence-corrected chi connectivity index (χ1v) is 5.93. The van der Waals surface area contributed by atoms with E-state index in [0.29, 0.717) is 11.8 Å². The van der Waals surface area contributed by atoms with Gasteiger partial charge in [-0.25, -0.2) is 0 Å². The first-order valence-electron chi connectivity index (χ1n) is 4.78. The Balaban J connectivity index is 3.82. The van der Waals surface area contributed by atoms with Gasteiger partial charge in [0.2, 0.25) is 0 Å². The molecule has 0 aliphatic heterocycles. The largest absolute Gasteiger partial charge is 0.462 e. The Morgan fingerprint density at radius 3 is 2.18 bits per heavy atom. The van der Waals surface area contributed by atoms with Crippen LogP contribution in [0.15, 0.2) is 0 Å². The summed E-state index contributed by atoms with van der Waals surface area (Å²) in [5.41, 5.74) is 0. The van der Waals surface area contributed by atoms with E-state index in [9.17, 15) is 26.7 Å². The molecule has 0 bridgehead atoms. The average molecular weight is 280 g/mol. The highest BCUT2D eigenvalue weighted by Gasteiger charge is 2.56. The maximum atomic E-state index is 12.4. The Hall–Kier alpha value is -0.530. The lowest BCUT2D eigenvalue weighted by molar-refractivity contribution is -0.282. The summed E-state index contributed by atoms with van der Waals surface area (Å²) in [6.07, 6.45) is -7.21. The lowest BCUT2D eigenvalue weighted by atomic mass is 10.2. The summed E-state index contributed by atoms with van der Waals surface area (Å²) in [7, 11) is 0. The van der Waals surface area contributed by atoms with Crippen molar-refractivity contribution < 1.29 is 31.5 Å². The highest BCUT2D eigenvalue weighted by atomic mass is 32.2. The number of carbonyl (C=O) groups is 1. The molecule has 0 radical (unpaired) electrons. The summed E-state index contributed by atoms with van der Waals surface area (Å²) in [6, 6.07) is 0. The van der Waals surface area contributed by atoms with Gasteiger partial charge in [0, 0.05) is 6.42 Å². The molecule has 0 spiro atoms. The van der Waals surface area contributed by atoms with Gasteiger partial charge in [0.1, 0.15) is 0 Å². The van der Waals surface area contributed by atoms with Crippen molar-refractivity contribution in [1.29, 1.82) is 0 Å². The van der Waals surface area contributed by atoms with Crippen LogP contribution in [-0.4, -0.2) is 35.7 Å². The van der Waals surface area contributed by atoms with E-state index in [0.717, 1.165) is 0 Å². The van der Waals surface area contributed by atoms with Crippen molar-refractivity contribution in [3.05, 3.63) is 0 Å². The van der Waals surface area contributed by atoms with Crippen LogP contribution in [-0.2, 0) is 9.53 Å². The Labute approximate surface area is 99.9 Å². The van der Waals surface area contributed by atoms with Gasteiger partial charge in [-0.3, -0.25) is 4.79 Å². The van der Waals surface area contributed by atoms with Gasteiger partial charge >= 0.3 is 18.1 Å². The minimum atomic E-state index is -5.54. The molecule has 0 heterocycles. The Morgan fingerprint density at radius 1 is 1.24 bits per heavy atom. The van der Waals surface area contributed by atoms with Gasteiger partial charge in [-0.2, -0.15) is 22.0 Å². The number of esters is 1. The van der Waals surface area contributed by atoms with Crippen molar-refractivity contribution in [2.45, 2.75) is 38.5 Å². The third kappa shape index (κ3) is 6.70. The summed E-state index contributed by atoms with van der Waals surface area (Å²) in [6.45, 7) is 3.22. The van der Waals surface area contributed by atoms with Crippen molar-refractivity contribution in [2.75, 3.05) is 11.5 Å². The van der Waals surface area contributed by atoms with Crippen LogP contribution in [0.1, 0.15) is 20.3 Å². The smallest absolute Gasteiger partial charge is 0.453 e. The van der Waals surface area contributed by atoms with E-state index in [1.165, 1.54) is 0 Å². The molecule has 0 rings (SSSR count). The van der Waals surface area contributed by atoms with E-state index in [1.54, 1.807) is 13.8 Å². The molecule has 0 aromatic heterocycles. The molecule has 0 atom stereocenters. The minimum absolute atomic E-state index is 0.230. The quantitative estimate of drug-likeness (QED) is 0.424. The van der Waals surface area contributed by atoms with Crippen LogP contribution in [0.2, 0.25) is 0 Å². The van der Waals surface area contributed by atoms with E-state index in [2.05, 4.69) is 4.74 Å². The van der Waals surface area contributed by atoms with Crippen LogP contribution in [0.25, 0.3) is 0 Å². The summed E-state index contributed by atoms with van der Waals surface area (Å²) < 4.78 is 64.7. The number of alkyl halides is 5. The van der Waals surface area contributed by atoms with Gasteiger partial charge in [0.15, 0.2) is 0 Å². The second-order valence-corrected chi connectivity index (χ2v) is 4.65. The van der Waals surface area contributed by atoms with Gasteiger partial charge in [-0.1, -0.05) is 0 Å². The van der Waals surface area contributed by atoms with Crippen LogP contribution in [0, 0.1) is 0 Å². The zero-order valence-corrected chi connectivity index (χ0v) is 10.1. The minimum Gasteiger partial charge on any atom is -0.462 e. The van der Waals surface area contributed by atoms with Crippen LogP contribution >= 0.6 is 11.8 Å². The summed E-state index contributed by atoms with van der Waals surface area (Å²) in [4.78, 5) is 10.9. The number of rotatable bonds is 6. The Kier molecular flexibility index (Phi) is 6.22. The molecule has 102 valence electrons. The van der Waals surface area contributed by atoms with Crippen molar-refractivity contribution in [3.8, 4) is 0 Å². The maximum Gasteiger partial charge on any atom is 0.453 e. The average Bonchev–Trinajstić information content (AvgIpc) is 2.09. The van der Waals surface area contributed by atoms with Gasteiger partial charge in [0.25, 0.3) is 0 Å². The molecule has 0 aliphatic rings. The molecule has 0 fully saturated rings. The molecule has 0 aliphatic carbocycles. The predicted molar refractivity (Wildman–Crippen MR) is 54.2 cm³/mol. The zero-order valence-electron chi connectivity index (χ0n) is 9.31. The lowest BCUT2D eigenvalue weighted by Gasteiger charge is -2.18. The highest BCUT2D eigenvalue weighted by molar-refractivity contribution is 7.99. The fourth-order valence-electron chi connectivity index (χ4n) is 0.795. The predicted octanol–water partition coefficient (Wildman–Crippen LogP) is 3.26. The van der Waals surface area contributed by atoms with E-state index >= 15 is 0 Å². The van der Waals surface area contributed by atoms with Gasteiger partial charge < -0.3 is 4.74 Å². The number of ether oxygens (including phenoxy) is 1. The van der Waals surface area contributed by atoms with E-state index in [4.69, 9.17) is 0 Å². The normalized spacial score (nSPS) is 12.9. The molecule has 0 saturated carbocycles. The second-order valence-electron chi connectivity index (χ2n) is 3.54. The van der Waals surface area contributed by atoms with Crippen LogP contribution in [0.3, 0.4) is 0 Å². The number of halogens is 5. The summed E-state index contributed by atoms with van der Waals surface area (Å²) >= 11 is 0.692. The molecule has 0 saturated heterocycles. The first-order chi connectivity index (χ1) is 7.56. The standard InChI is InChI=1S/C9H13F5O2S/c1-6(2)16-7(15)5-17-4-3-8(10,11)9(12,13)14/h6H,3-5H2,1-2H3. The number of hydrogen-bond donors (Lipinski definition) is 0. The van der Waals surface area contributed by atoms with Crippen LogP contribution < -0.4 is 0 Å². The first kappa shape index (κ1) is 16.5. The lowest BCUT2D eigenvalue weighted by Crippen LogP contribution is -2.36. The summed E-state index contributed by atoms with van der Waals surface area (Å²) in [5, 5.41) is 0. The molecule has 17 heavy (non-hydrogen) atoms. The molecule has 0 N–H and O–H groups in total. The third-order valence-electron chi connectivity index (χ3n) is 1.56. The number of carbonyl (C=O) groups excluding carboxylic acids is 1. The van der Waals surface area contributed by atoms with E-state index in [-0.39, 0.29) is 11.9 Å². The van der Waals surface area contributed by atoms with Crippen molar-refractivity contribution in [3.63, 3.8) is 0 Å². The monoisotopic (exact) mass is 280 g/mol. The van der Waals surface area contributed by atoms with Crippen molar-refractivity contribution in [1.82, 2.24) is 0 Å². The fraction of sp³-hybridized carbons (Fsp3) is 0.889. The fourth-order valence-corrected chi connectivity index (χ4v) is 1.57. The molecule has 0 aromatic rings.